The Morgan fingerprint density at radius 3 is 2.67 bits per heavy atom. The van der Waals surface area contributed by atoms with Gasteiger partial charge in [0, 0.05) is 5.92 Å². The van der Waals surface area contributed by atoms with Crippen LogP contribution in [-0.2, 0) is 9.53 Å². The molecule has 1 fully saturated rings. The minimum atomic E-state index is -0.393. The zero-order valence-electron chi connectivity index (χ0n) is 12.2. The van der Waals surface area contributed by atoms with Gasteiger partial charge in [-0.15, -0.1) is 0 Å². The summed E-state index contributed by atoms with van der Waals surface area (Å²) in [7, 11) is 0. The van der Waals surface area contributed by atoms with Crippen LogP contribution in [0.3, 0.4) is 0 Å². The summed E-state index contributed by atoms with van der Waals surface area (Å²) in [5.74, 6) is 0.358. The van der Waals surface area contributed by atoms with Crippen molar-refractivity contribution in [1.29, 1.82) is 0 Å². The summed E-state index contributed by atoms with van der Waals surface area (Å²) in [5.41, 5.74) is 1.52. The number of aliphatic hydroxyl groups is 1. The van der Waals surface area contributed by atoms with E-state index in [9.17, 15) is 9.90 Å². The fourth-order valence-corrected chi connectivity index (χ4v) is 2.89. The normalized spacial score (nSPS) is 21.8. The number of aliphatic hydroxyl groups excluding tert-OH is 1. The van der Waals surface area contributed by atoms with E-state index in [-0.39, 0.29) is 11.7 Å². The first kappa shape index (κ1) is 13.9. The van der Waals surface area contributed by atoms with E-state index in [4.69, 9.17) is 4.74 Å². The molecule has 0 spiro atoms. The van der Waals surface area contributed by atoms with Crippen LogP contribution in [-0.4, -0.2) is 11.1 Å². The van der Waals surface area contributed by atoms with Crippen LogP contribution in [0.4, 0.5) is 0 Å². The Bertz CT molecular complexity index is 594. The molecule has 1 N–H and O–H groups in total. The van der Waals surface area contributed by atoms with E-state index in [1.807, 2.05) is 37.3 Å². The first-order valence-corrected chi connectivity index (χ1v) is 7.63. The average molecular weight is 284 g/mol. The number of rotatable bonds is 5. The molecule has 1 aromatic rings. The monoisotopic (exact) mass is 284 g/mol. The minimum Gasteiger partial charge on any atom is -0.504 e. The van der Waals surface area contributed by atoms with Gasteiger partial charge >= 0.3 is 5.97 Å². The number of ether oxygens (including phenoxy) is 1. The van der Waals surface area contributed by atoms with Crippen molar-refractivity contribution in [1.82, 2.24) is 0 Å². The number of esters is 1. The Morgan fingerprint density at radius 2 is 2.05 bits per heavy atom. The summed E-state index contributed by atoms with van der Waals surface area (Å²) in [5, 5.41) is 10.4. The van der Waals surface area contributed by atoms with Gasteiger partial charge in [0.1, 0.15) is 0 Å². The molecule has 3 nitrogen and oxygen atoms in total. The van der Waals surface area contributed by atoms with Crippen molar-refractivity contribution in [2.24, 2.45) is 5.92 Å². The molecule has 1 aromatic carbocycles. The van der Waals surface area contributed by atoms with Crippen LogP contribution in [0.25, 0.3) is 0 Å². The summed E-state index contributed by atoms with van der Waals surface area (Å²) in [4.78, 5) is 12.2. The molecule has 3 rings (SSSR count). The molecule has 0 bridgehead atoms. The second-order valence-electron chi connectivity index (χ2n) is 5.73. The van der Waals surface area contributed by atoms with E-state index in [0.717, 1.165) is 31.2 Å². The van der Waals surface area contributed by atoms with Gasteiger partial charge in [0.15, 0.2) is 11.5 Å². The van der Waals surface area contributed by atoms with Crippen LogP contribution < -0.4 is 0 Å². The lowest BCUT2D eigenvalue weighted by molar-refractivity contribution is -0.133. The zero-order valence-corrected chi connectivity index (χ0v) is 12.2. The molecule has 1 aliphatic carbocycles. The van der Waals surface area contributed by atoms with Crippen molar-refractivity contribution in [3.8, 4) is 0 Å². The first-order valence-electron chi connectivity index (χ1n) is 7.63. The van der Waals surface area contributed by atoms with Gasteiger partial charge in [-0.3, -0.25) is 0 Å². The molecule has 1 saturated carbocycles. The molecule has 2 aliphatic rings. The Balaban J connectivity index is 1.99. The van der Waals surface area contributed by atoms with Gasteiger partial charge in [-0.05, 0) is 36.8 Å². The van der Waals surface area contributed by atoms with Gasteiger partial charge in [0.25, 0.3) is 0 Å². The molecule has 110 valence electrons. The maximum Gasteiger partial charge on any atom is 0.344 e. The van der Waals surface area contributed by atoms with Gasteiger partial charge in [-0.2, -0.15) is 0 Å². The van der Waals surface area contributed by atoms with Crippen LogP contribution in [0.15, 0.2) is 53.5 Å². The van der Waals surface area contributed by atoms with E-state index in [2.05, 4.69) is 0 Å². The summed E-state index contributed by atoms with van der Waals surface area (Å²) < 4.78 is 5.27. The van der Waals surface area contributed by atoms with Crippen molar-refractivity contribution in [3.05, 3.63) is 59.1 Å². The second kappa shape index (κ2) is 5.76. The molecule has 0 amide bonds. The van der Waals surface area contributed by atoms with E-state index >= 15 is 0 Å². The molecule has 1 unspecified atom stereocenters. The smallest absolute Gasteiger partial charge is 0.344 e. The maximum atomic E-state index is 12.2. The van der Waals surface area contributed by atoms with Crippen molar-refractivity contribution < 1.29 is 14.6 Å². The largest absolute Gasteiger partial charge is 0.504 e. The Labute approximate surface area is 124 Å². The first-order chi connectivity index (χ1) is 10.2. The Hall–Kier alpha value is -2.03. The topological polar surface area (TPSA) is 46.5 Å². The van der Waals surface area contributed by atoms with Crippen molar-refractivity contribution in [2.75, 3.05) is 0 Å². The number of hydrogen-bond acceptors (Lipinski definition) is 3. The number of cyclic esters (lactones) is 1. The summed E-state index contributed by atoms with van der Waals surface area (Å²) in [6.07, 6.45) is 5.73. The number of hydrogen-bond donors (Lipinski definition) is 1. The summed E-state index contributed by atoms with van der Waals surface area (Å²) >= 11 is 0. The van der Waals surface area contributed by atoms with Crippen molar-refractivity contribution in [3.63, 3.8) is 0 Å². The quantitative estimate of drug-likeness (QED) is 0.823. The molecule has 3 heteroatoms. The molecule has 21 heavy (non-hydrogen) atoms. The Kier molecular flexibility index (Phi) is 3.82. The predicted octanol–water partition coefficient (Wildman–Crippen LogP) is 4.23. The van der Waals surface area contributed by atoms with Crippen LogP contribution in [0.1, 0.15) is 44.1 Å². The zero-order chi connectivity index (χ0) is 14.8. The molecular formula is C18H20O3. The number of carbonyl (C=O) groups is 1. The lowest BCUT2D eigenvalue weighted by atomic mass is 9.86. The van der Waals surface area contributed by atoms with E-state index in [1.165, 1.54) is 0 Å². The molecule has 0 saturated heterocycles. The fraction of sp³-hybridized carbons (Fsp3) is 0.389. The average Bonchev–Trinajstić information content (AvgIpc) is 3.29. The van der Waals surface area contributed by atoms with Gasteiger partial charge in [-0.1, -0.05) is 43.7 Å². The lowest BCUT2D eigenvalue weighted by Crippen LogP contribution is -2.12. The van der Waals surface area contributed by atoms with Crippen molar-refractivity contribution >= 4 is 5.97 Å². The molecule has 0 radical (unpaired) electrons. The lowest BCUT2D eigenvalue weighted by Gasteiger charge is -2.16. The van der Waals surface area contributed by atoms with E-state index in [1.54, 1.807) is 6.08 Å². The SMILES string of the molecule is CCC/C=C1/OC(=O)C(C(c2ccccc2)C2CC2)=C1O. The van der Waals surface area contributed by atoms with Crippen LogP contribution >= 0.6 is 0 Å². The van der Waals surface area contributed by atoms with Crippen LogP contribution in [0.2, 0.25) is 0 Å². The highest BCUT2D eigenvalue weighted by Crippen LogP contribution is 2.49. The third-order valence-corrected chi connectivity index (χ3v) is 4.09. The summed E-state index contributed by atoms with van der Waals surface area (Å²) in [6.45, 7) is 2.05. The van der Waals surface area contributed by atoms with Gasteiger partial charge in [0.2, 0.25) is 0 Å². The molecular weight excluding hydrogens is 264 g/mol. The van der Waals surface area contributed by atoms with Crippen LogP contribution in [0, 0.1) is 5.92 Å². The van der Waals surface area contributed by atoms with Gasteiger partial charge in [0.05, 0.1) is 5.57 Å². The fourth-order valence-electron chi connectivity index (χ4n) is 2.89. The number of benzene rings is 1. The maximum absolute atomic E-state index is 12.2. The number of allylic oxidation sites excluding steroid dienone is 1. The summed E-state index contributed by atoms with van der Waals surface area (Å²) in [6, 6.07) is 9.93. The third-order valence-electron chi connectivity index (χ3n) is 4.09. The van der Waals surface area contributed by atoms with E-state index in [0.29, 0.717) is 17.3 Å². The minimum absolute atomic E-state index is 0.0363. The standard InChI is InChI=1S/C18H20O3/c1-2-3-9-14-17(19)16(18(20)21-14)15(13-10-11-13)12-7-5-4-6-8-12/h4-9,13,15,19H,2-3,10-11H2,1H3/b14-9+. The molecule has 0 aromatic heterocycles. The highest BCUT2D eigenvalue weighted by Gasteiger charge is 2.43. The van der Waals surface area contributed by atoms with Crippen LogP contribution in [0.5, 0.6) is 0 Å². The Morgan fingerprint density at radius 1 is 1.33 bits per heavy atom. The van der Waals surface area contributed by atoms with Crippen molar-refractivity contribution in [2.45, 2.75) is 38.5 Å². The highest BCUT2D eigenvalue weighted by molar-refractivity contribution is 5.95. The second-order valence-corrected chi connectivity index (χ2v) is 5.73. The van der Waals surface area contributed by atoms with E-state index < -0.39 is 5.97 Å². The number of carbonyl (C=O) groups excluding carboxylic acids is 1. The molecule has 1 aliphatic heterocycles. The highest BCUT2D eigenvalue weighted by atomic mass is 16.6. The molecule has 1 heterocycles. The predicted molar refractivity (Wildman–Crippen MR) is 80.6 cm³/mol. The number of unbranched alkanes of at least 4 members (excludes halogenated alkanes) is 1. The van der Waals surface area contributed by atoms with Gasteiger partial charge in [-0.25, -0.2) is 4.79 Å². The molecule has 1 atom stereocenters. The van der Waals surface area contributed by atoms with Gasteiger partial charge < -0.3 is 9.84 Å². The third kappa shape index (κ3) is 2.73.